The number of piperazine rings is 1. The Balaban J connectivity index is 1.37. The van der Waals surface area contributed by atoms with E-state index in [4.69, 9.17) is 0 Å². The highest BCUT2D eigenvalue weighted by molar-refractivity contribution is 7.89. The first-order chi connectivity index (χ1) is 15.1. The summed E-state index contributed by atoms with van der Waals surface area (Å²) in [6, 6.07) is 3.05. The predicted octanol–water partition coefficient (Wildman–Crippen LogP) is 2.53. The maximum absolute atomic E-state index is 12.8. The second kappa shape index (κ2) is 8.39. The van der Waals surface area contributed by atoms with Gasteiger partial charge >= 0.3 is 12.2 Å². The zero-order valence-electron chi connectivity index (χ0n) is 17.5. The molecular formula is C20H24F3N5O3S. The van der Waals surface area contributed by atoms with Crippen LogP contribution in [0.4, 0.5) is 18.0 Å². The molecule has 2 aromatic rings. The minimum absolute atomic E-state index is 0.0690. The monoisotopic (exact) mass is 471 g/mol. The Kier molecular flexibility index (Phi) is 5.93. The highest BCUT2D eigenvalue weighted by Gasteiger charge is 2.34. The van der Waals surface area contributed by atoms with E-state index in [0.29, 0.717) is 0 Å². The molecule has 174 valence electrons. The molecule has 1 N–H and O–H groups in total. The number of carbonyl (C=O) groups excluding carboxylic acids is 1. The largest absolute Gasteiger partial charge is 0.416 e. The fourth-order valence-corrected chi connectivity index (χ4v) is 5.62. The fraction of sp³-hybridized carbons (Fsp3) is 0.500. The number of urea groups is 1. The number of amides is 2. The number of benzene rings is 1. The van der Waals surface area contributed by atoms with Crippen molar-refractivity contribution in [3.8, 4) is 0 Å². The van der Waals surface area contributed by atoms with Crippen molar-refractivity contribution in [1.29, 1.82) is 0 Å². The molecule has 1 aliphatic carbocycles. The number of alkyl halides is 3. The Morgan fingerprint density at radius 1 is 1.12 bits per heavy atom. The van der Waals surface area contributed by atoms with Gasteiger partial charge in [0.15, 0.2) is 0 Å². The van der Waals surface area contributed by atoms with E-state index in [2.05, 4.69) is 10.4 Å². The highest BCUT2D eigenvalue weighted by atomic mass is 32.2. The first kappa shape index (κ1) is 22.6. The maximum Gasteiger partial charge on any atom is 0.416 e. The van der Waals surface area contributed by atoms with Crippen LogP contribution in [-0.2, 0) is 29.7 Å². The maximum atomic E-state index is 12.8. The lowest BCUT2D eigenvalue weighted by atomic mass is 9.93. The number of halogens is 3. The molecule has 0 spiro atoms. The zero-order valence-corrected chi connectivity index (χ0v) is 18.3. The standard InChI is InChI=1S/C20H24F3N5O3S/c1-26-18-4-2-3-17(16(18)13-24-26)25-19(29)27-9-11-28(12-10-27)32(30,31)15-7-5-14(6-8-15)20(21,22)23/h5-8,13,17H,2-4,9-12H2,1H3,(H,25,29). The summed E-state index contributed by atoms with van der Waals surface area (Å²) in [5.41, 5.74) is 1.21. The molecule has 1 fully saturated rings. The van der Waals surface area contributed by atoms with Gasteiger partial charge in [-0.15, -0.1) is 0 Å². The van der Waals surface area contributed by atoms with E-state index >= 15 is 0 Å². The lowest BCUT2D eigenvalue weighted by molar-refractivity contribution is -0.137. The third kappa shape index (κ3) is 4.33. The predicted molar refractivity (Wildman–Crippen MR) is 109 cm³/mol. The average Bonchev–Trinajstić information content (AvgIpc) is 3.15. The summed E-state index contributed by atoms with van der Waals surface area (Å²) in [5.74, 6) is 0. The normalized spacial score (nSPS) is 20.1. The van der Waals surface area contributed by atoms with Gasteiger partial charge in [0.2, 0.25) is 10.0 Å². The summed E-state index contributed by atoms with van der Waals surface area (Å²) in [5, 5.41) is 7.29. The Labute approximate surface area is 184 Å². The second-order valence-electron chi connectivity index (χ2n) is 7.98. The van der Waals surface area contributed by atoms with Crippen molar-refractivity contribution in [1.82, 2.24) is 24.3 Å². The molecule has 0 saturated carbocycles. The van der Waals surface area contributed by atoms with Crippen LogP contribution in [0.15, 0.2) is 35.4 Å². The molecule has 1 aliphatic heterocycles. The van der Waals surface area contributed by atoms with Crippen LogP contribution in [0.5, 0.6) is 0 Å². The van der Waals surface area contributed by atoms with Crippen LogP contribution in [0.2, 0.25) is 0 Å². The van der Waals surface area contributed by atoms with Crippen LogP contribution in [0.1, 0.15) is 35.7 Å². The Hall–Kier alpha value is -2.60. The number of nitrogens with zero attached hydrogens (tertiary/aromatic N) is 4. The van der Waals surface area contributed by atoms with Gasteiger partial charge in [0, 0.05) is 44.5 Å². The molecule has 2 heterocycles. The van der Waals surface area contributed by atoms with E-state index < -0.39 is 21.8 Å². The van der Waals surface area contributed by atoms with E-state index in [9.17, 15) is 26.4 Å². The van der Waals surface area contributed by atoms with Gasteiger partial charge in [-0.3, -0.25) is 4.68 Å². The highest BCUT2D eigenvalue weighted by Crippen LogP contribution is 2.31. The minimum atomic E-state index is -4.53. The van der Waals surface area contributed by atoms with Crippen molar-refractivity contribution in [3.05, 3.63) is 47.3 Å². The van der Waals surface area contributed by atoms with Crippen molar-refractivity contribution in [2.75, 3.05) is 26.2 Å². The summed E-state index contributed by atoms with van der Waals surface area (Å²) in [4.78, 5) is 14.1. The summed E-state index contributed by atoms with van der Waals surface area (Å²) < 4.78 is 66.8. The molecule has 2 amide bonds. The van der Waals surface area contributed by atoms with Crippen LogP contribution >= 0.6 is 0 Å². The number of rotatable bonds is 3. The molecule has 0 bridgehead atoms. The minimum Gasteiger partial charge on any atom is -0.331 e. The zero-order chi connectivity index (χ0) is 23.1. The average molecular weight is 472 g/mol. The number of hydrogen-bond acceptors (Lipinski definition) is 4. The number of aromatic nitrogens is 2. The summed E-state index contributed by atoms with van der Waals surface area (Å²) in [6.45, 7) is 0.524. The smallest absolute Gasteiger partial charge is 0.331 e. The van der Waals surface area contributed by atoms with Crippen molar-refractivity contribution in [2.24, 2.45) is 7.05 Å². The summed E-state index contributed by atoms with van der Waals surface area (Å²) >= 11 is 0. The summed E-state index contributed by atoms with van der Waals surface area (Å²) in [6.07, 6.45) is -0.0911. The van der Waals surface area contributed by atoms with Gasteiger partial charge in [0.25, 0.3) is 0 Å². The van der Waals surface area contributed by atoms with Gasteiger partial charge in [-0.05, 0) is 43.5 Å². The summed E-state index contributed by atoms with van der Waals surface area (Å²) in [7, 11) is -2.07. The number of aryl methyl sites for hydroxylation is 1. The van der Waals surface area contributed by atoms with Crippen molar-refractivity contribution in [2.45, 2.75) is 36.4 Å². The molecule has 1 saturated heterocycles. The third-order valence-corrected chi connectivity index (χ3v) is 7.93. The van der Waals surface area contributed by atoms with Crippen LogP contribution in [0.25, 0.3) is 0 Å². The van der Waals surface area contributed by atoms with Crippen LogP contribution in [0.3, 0.4) is 0 Å². The van der Waals surface area contributed by atoms with Crippen LogP contribution < -0.4 is 5.32 Å². The Morgan fingerprint density at radius 2 is 1.78 bits per heavy atom. The molecule has 32 heavy (non-hydrogen) atoms. The molecule has 1 unspecified atom stereocenters. The lowest BCUT2D eigenvalue weighted by Gasteiger charge is -2.35. The van der Waals surface area contributed by atoms with Crippen LogP contribution in [0, 0.1) is 0 Å². The first-order valence-electron chi connectivity index (χ1n) is 10.3. The van der Waals surface area contributed by atoms with Gasteiger partial charge in [-0.25, -0.2) is 13.2 Å². The third-order valence-electron chi connectivity index (χ3n) is 6.02. The molecule has 1 atom stereocenters. The Bertz CT molecular complexity index is 1090. The van der Waals surface area contributed by atoms with Gasteiger partial charge in [0.1, 0.15) is 0 Å². The molecule has 8 nitrogen and oxygen atoms in total. The molecule has 0 radical (unpaired) electrons. The second-order valence-corrected chi connectivity index (χ2v) is 9.92. The molecule has 1 aromatic carbocycles. The lowest BCUT2D eigenvalue weighted by Crippen LogP contribution is -2.53. The molecule has 1 aromatic heterocycles. The van der Waals surface area contributed by atoms with E-state index in [1.807, 2.05) is 11.7 Å². The van der Waals surface area contributed by atoms with Gasteiger partial charge in [-0.1, -0.05) is 0 Å². The quantitative estimate of drug-likeness (QED) is 0.745. The Morgan fingerprint density at radius 3 is 2.41 bits per heavy atom. The number of fused-ring (bicyclic) bond motifs is 1. The number of hydrogen-bond donors (Lipinski definition) is 1. The van der Waals surface area contributed by atoms with Crippen molar-refractivity contribution >= 4 is 16.1 Å². The van der Waals surface area contributed by atoms with E-state index in [-0.39, 0.29) is 43.1 Å². The topological polar surface area (TPSA) is 87.5 Å². The molecular weight excluding hydrogens is 447 g/mol. The van der Waals surface area contributed by atoms with Crippen molar-refractivity contribution < 1.29 is 26.4 Å². The first-order valence-corrected chi connectivity index (χ1v) is 11.7. The number of nitrogens with one attached hydrogen (secondary N) is 1. The van der Waals surface area contributed by atoms with Crippen LogP contribution in [-0.4, -0.2) is 59.6 Å². The fourth-order valence-electron chi connectivity index (χ4n) is 4.19. The van der Waals surface area contributed by atoms with E-state index in [0.717, 1.165) is 54.8 Å². The number of sulfonamides is 1. The van der Waals surface area contributed by atoms with E-state index in [1.54, 1.807) is 11.1 Å². The van der Waals surface area contributed by atoms with Gasteiger partial charge in [-0.2, -0.15) is 22.6 Å². The van der Waals surface area contributed by atoms with Crippen molar-refractivity contribution in [3.63, 3.8) is 0 Å². The van der Waals surface area contributed by atoms with Gasteiger partial charge < -0.3 is 10.2 Å². The molecule has 2 aliphatic rings. The molecule has 12 heteroatoms. The molecule has 4 rings (SSSR count). The SMILES string of the molecule is Cn1ncc2c1CCCC2NC(=O)N1CCN(S(=O)(=O)c2ccc(C(F)(F)F)cc2)CC1. The van der Waals surface area contributed by atoms with E-state index in [1.165, 1.54) is 4.31 Å². The number of carbonyl (C=O) groups is 1. The van der Waals surface area contributed by atoms with Gasteiger partial charge in [0.05, 0.1) is 22.7 Å².